The maximum absolute atomic E-state index is 6.00. The second-order valence-electron chi connectivity index (χ2n) is 4.39. The molecule has 1 aromatic carbocycles. The first-order valence-electron chi connectivity index (χ1n) is 6.04. The number of aromatic nitrogens is 2. The monoisotopic (exact) mass is 245 g/mol. The van der Waals surface area contributed by atoms with Gasteiger partial charge in [-0.25, -0.2) is 4.68 Å². The fraction of sp³-hybridized carbons (Fsp3) is 0.357. The van der Waals surface area contributed by atoms with E-state index in [0.29, 0.717) is 0 Å². The van der Waals surface area contributed by atoms with E-state index < -0.39 is 0 Å². The molecule has 1 heterocycles. The van der Waals surface area contributed by atoms with Crippen LogP contribution in [0, 0.1) is 13.8 Å². The zero-order chi connectivity index (χ0) is 13.1. The molecule has 0 fully saturated rings. The third kappa shape index (κ3) is 2.38. The summed E-state index contributed by atoms with van der Waals surface area (Å²) in [6.07, 6.45) is 0. The Morgan fingerprint density at radius 3 is 2.67 bits per heavy atom. The number of para-hydroxylation sites is 1. The van der Waals surface area contributed by atoms with Crippen LogP contribution in [0.4, 0.5) is 0 Å². The molecule has 96 valence electrons. The van der Waals surface area contributed by atoms with Gasteiger partial charge >= 0.3 is 0 Å². The maximum atomic E-state index is 6.00. The van der Waals surface area contributed by atoms with E-state index in [1.165, 1.54) is 0 Å². The Morgan fingerprint density at radius 2 is 2.00 bits per heavy atom. The Hall–Kier alpha value is -1.81. The summed E-state index contributed by atoms with van der Waals surface area (Å²) in [5.74, 6) is 1.68. The van der Waals surface area contributed by atoms with Gasteiger partial charge in [0, 0.05) is 13.6 Å². The highest BCUT2D eigenvalue weighted by molar-refractivity contribution is 5.39. The van der Waals surface area contributed by atoms with Crippen LogP contribution in [0.5, 0.6) is 11.6 Å². The van der Waals surface area contributed by atoms with E-state index in [0.717, 1.165) is 35.0 Å². The van der Waals surface area contributed by atoms with Crippen LogP contribution in [0.3, 0.4) is 0 Å². The minimum atomic E-state index is 0.751. The number of benzene rings is 1. The summed E-state index contributed by atoms with van der Waals surface area (Å²) >= 11 is 0. The first kappa shape index (κ1) is 12.6. The molecule has 0 saturated carbocycles. The second-order valence-corrected chi connectivity index (χ2v) is 4.39. The Morgan fingerprint density at radius 1 is 1.28 bits per heavy atom. The third-order valence-electron chi connectivity index (χ3n) is 2.94. The molecule has 0 aliphatic heterocycles. The molecule has 0 radical (unpaired) electrons. The van der Waals surface area contributed by atoms with Crippen molar-refractivity contribution in [3.8, 4) is 11.6 Å². The number of hydrogen-bond acceptors (Lipinski definition) is 3. The van der Waals surface area contributed by atoms with Crippen LogP contribution in [0.1, 0.15) is 16.8 Å². The molecule has 0 aliphatic carbocycles. The van der Waals surface area contributed by atoms with Crippen LogP contribution in [-0.4, -0.2) is 16.8 Å². The lowest BCUT2D eigenvalue weighted by atomic mass is 10.2. The van der Waals surface area contributed by atoms with Gasteiger partial charge in [0.05, 0.1) is 11.3 Å². The number of ether oxygens (including phenoxy) is 1. The van der Waals surface area contributed by atoms with Gasteiger partial charge in [-0.1, -0.05) is 18.2 Å². The predicted molar refractivity (Wildman–Crippen MR) is 72.0 cm³/mol. The first-order chi connectivity index (χ1) is 8.63. The highest BCUT2D eigenvalue weighted by atomic mass is 16.5. The fourth-order valence-electron chi connectivity index (χ4n) is 1.96. The molecule has 0 amide bonds. The van der Waals surface area contributed by atoms with Crippen LogP contribution in [0.15, 0.2) is 24.3 Å². The molecule has 0 unspecified atom stereocenters. The predicted octanol–water partition coefficient (Wildman–Crippen LogP) is 2.55. The minimum Gasteiger partial charge on any atom is -0.439 e. The Bertz CT molecular complexity index is 546. The topological polar surface area (TPSA) is 39.1 Å². The number of nitrogens with one attached hydrogen (secondary N) is 1. The molecule has 4 nitrogen and oxygen atoms in total. The smallest absolute Gasteiger partial charge is 0.222 e. The normalized spacial score (nSPS) is 10.7. The quantitative estimate of drug-likeness (QED) is 0.899. The lowest BCUT2D eigenvalue weighted by Gasteiger charge is -2.10. The number of rotatable bonds is 4. The van der Waals surface area contributed by atoms with Gasteiger partial charge in [-0.3, -0.25) is 0 Å². The molecule has 18 heavy (non-hydrogen) atoms. The van der Waals surface area contributed by atoms with Crippen molar-refractivity contribution in [2.75, 3.05) is 7.05 Å². The SMILES string of the molecule is CNCc1c(C)nn(C)c1Oc1ccccc1C. The van der Waals surface area contributed by atoms with Crippen molar-refractivity contribution in [2.45, 2.75) is 20.4 Å². The van der Waals surface area contributed by atoms with Gasteiger partial charge < -0.3 is 10.1 Å². The number of nitrogens with zero attached hydrogens (tertiary/aromatic N) is 2. The van der Waals surface area contributed by atoms with Crippen LogP contribution in [-0.2, 0) is 13.6 Å². The number of aryl methyl sites for hydroxylation is 3. The molecule has 4 heteroatoms. The molecule has 2 rings (SSSR count). The second kappa shape index (κ2) is 5.23. The Balaban J connectivity index is 2.37. The molecule has 0 bridgehead atoms. The third-order valence-corrected chi connectivity index (χ3v) is 2.94. The fourth-order valence-corrected chi connectivity index (χ4v) is 1.96. The van der Waals surface area contributed by atoms with Crippen molar-refractivity contribution >= 4 is 0 Å². The summed E-state index contributed by atoms with van der Waals surface area (Å²) in [7, 11) is 3.82. The van der Waals surface area contributed by atoms with E-state index in [1.807, 2.05) is 52.2 Å². The lowest BCUT2D eigenvalue weighted by Crippen LogP contribution is -2.07. The molecule has 0 aliphatic rings. The summed E-state index contributed by atoms with van der Waals surface area (Å²) in [5, 5.41) is 7.55. The van der Waals surface area contributed by atoms with Crippen molar-refractivity contribution in [3.05, 3.63) is 41.1 Å². The van der Waals surface area contributed by atoms with Crippen molar-refractivity contribution in [1.82, 2.24) is 15.1 Å². The van der Waals surface area contributed by atoms with Gasteiger partial charge in [0.25, 0.3) is 0 Å². The van der Waals surface area contributed by atoms with Gasteiger partial charge in [0.1, 0.15) is 5.75 Å². The minimum absolute atomic E-state index is 0.751. The van der Waals surface area contributed by atoms with Crippen molar-refractivity contribution < 1.29 is 4.74 Å². The van der Waals surface area contributed by atoms with Crippen LogP contribution < -0.4 is 10.1 Å². The lowest BCUT2D eigenvalue weighted by molar-refractivity contribution is 0.422. The maximum Gasteiger partial charge on any atom is 0.222 e. The summed E-state index contributed by atoms with van der Waals surface area (Å²) in [5.41, 5.74) is 3.21. The molecule has 0 spiro atoms. The average Bonchev–Trinajstić information content (AvgIpc) is 2.59. The largest absolute Gasteiger partial charge is 0.439 e. The van der Waals surface area contributed by atoms with E-state index in [9.17, 15) is 0 Å². The van der Waals surface area contributed by atoms with Gasteiger partial charge in [-0.05, 0) is 32.5 Å². The first-order valence-corrected chi connectivity index (χ1v) is 6.04. The average molecular weight is 245 g/mol. The van der Waals surface area contributed by atoms with Gasteiger partial charge in [-0.2, -0.15) is 5.10 Å². The van der Waals surface area contributed by atoms with E-state index in [-0.39, 0.29) is 0 Å². The summed E-state index contributed by atoms with van der Waals surface area (Å²) in [4.78, 5) is 0. The van der Waals surface area contributed by atoms with Gasteiger partial charge in [0.2, 0.25) is 5.88 Å². The van der Waals surface area contributed by atoms with Gasteiger partial charge in [0.15, 0.2) is 0 Å². The Kier molecular flexibility index (Phi) is 3.67. The van der Waals surface area contributed by atoms with Crippen LogP contribution in [0.2, 0.25) is 0 Å². The van der Waals surface area contributed by atoms with Crippen molar-refractivity contribution in [2.24, 2.45) is 7.05 Å². The van der Waals surface area contributed by atoms with E-state index in [1.54, 1.807) is 4.68 Å². The van der Waals surface area contributed by atoms with E-state index in [4.69, 9.17) is 4.74 Å². The molecule has 1 N–H and O–H groups in total. The van der Waals surface area contributed by atoms with Crippen LogP contribution >= 0.6 is 0 Å². The zero-order valence-corrected chi connectivity index (χ0v) is 11.3. The Labute approximate surface area is 108 Å². The molecular weight excluding hydrogens is 226 g/mol. The summed E-state index contributed by atoms with van der Waals surface area (Å²) in [6, 6.07) is 7.99. The van der Waals surface area contributed by atoms with Crippen molar-refractivity contribution in [3.63, 3.8) is 0 Å². The van der Waals surface area contributed by atoms with Crippen LogP contribution in [0.25, 0.3) is 0 Å². The summed E-state index contributed by atoms with van der Waals surface area (Å²) in [6.45, 7) is 4.79. The standard InChI is InChI=1S/C14H19N3O/c1-10-7-5-6-8-13(10)18-14-12(9-15-3)11(2)16-17(14)4/h5-8,15H,9H2,1-4H3. The number of hydrogen-bond donors (Lipinski definition) is 1. The van der Waals surface area contributed by atoms with Gasteiger partial charge in [-0.15, -0.1) is 0 Å². The highest BCUT2D eigenvalue weighted by Crippen LogP contribution is 2.28. The molecule has 0 atom stereocenters. The molecular formula is C14H19N3O. The van der Waals surface area contributed by atoms with Crippen molar-refractivity contribution in [1.29, 1.82) is 0 Å². The van der Waals surface area contributed by atoms with E-state index in [2.05, 4.69) is 10.4 Å². The highest BCUT2D eigenvalue weighted by Gasteiger charge is 2.15. The molecule has 0 saturated heterocycles. The summed E-state index contributed by atoms with van der Waals surface area (Å²) < 4.78 is 7.79. The molecule has 2 aromatic rings. The molecule has 1 aromatic heterocycles. The van der Waals surface area contributed by atoms with E-state index >= 15 is 0 Å². The zero-order valence-electron chi connectivity index (χ0n) is 11.3.